The Hall–Kier alpha value is -3.40. The smallest absolute Gasteiger partial charge is 0.337 e. The first kappa shape index (κ1) is 15.1. The van der Waals surface area contributed by atoms with Crippen molar-refractivity contribution in [1.82, 2.24) is 9.97 Å². The lowest BCUT2D eigenvalue weighted by molar-refractivity contribution is 0.0699. The average molecular weight is 328 g/mol. The van der Waals surface area contributed by atoms with Crippen LogP contribution in [0.25, 0.3) is 33.5 Å². The number of nitrogens with zero attached hydrogens (tertiary/aromatic N) is 1. The van der Waals surface area contributed by atoms with Gasteiger partial charge >= 0.3 is 5.97 Å². The first-order valence-corrected chi connectivity index (χ1v) is 8.01. The molecule has 3 aromatic carbocycles. The van der Waals surface area contributed by atoms with E-state index < -0.39 is 5.97 Å². The van der Waals surface area contributed by atoms with E-state index in [4.69, 9.17) is 0 Å². The Morgan fingerprint density at radius 3 is 2.12 bits per heavy atom. The van der Waals surface area contributed by atoms with Gasteiger partial charge < -0.3 is 10.1 Å². The number of fused-ring (bicyclic) bond motifs is 1. The van der Waals surface area contributed by atoms with Gasteiger partial charge in [-0.3, -0.25) is 0 Å². The second-order valence-corrected chi connectivity index (χ2v) is 6.03. The number of para-hydroxylation sites is 1. The number of carbonyl (C=O) groups is 1. The van der Waals surface area contributed by atoms with Gasteiger partial charge in [0.2, 0.25) is 0 Å². The van der Waals surface area contributed by atoms with Crippen molar-refractivity contribution >= 4 is 17.0 Å². The van der Waals surface area contributed by atoms with Crippen LogP contribution in [0.15, 0.2) is 66.7 Å². The number of nitrogens with one attached hydrogen (secondary N) is 1. The van der Waals surface area contributed by atoms with Gasteiger partial charge in [0.1, 0.15) is 5.82 Å². The van der Waals surface area contributed by atoms with Gasteiger partial charge in [-0.2, -0.15) is 0 Å². The molecule has 4 rings (SSSR count). The molecule has 0 saturated carbocycles. The highest BCUT2D eigenvalue weighted by Crippen LogP contribution is 2.26. The molecule has 4 heteroatoms. The maximum absolute atomic E-state index is 11.3. The Morgan fingerprint density at radius 2 is 1.48 bits per heavy atom. The average Bonchev–Trinajstić information content (AvgIpc) is 3.06. The minimum atomic E-state index is -0.962. The van der Waals surface area contributed by atoms with Crippen LogP contribution in [-0.2, 0) is 0 Å². The van der Waals surface area contributed by atoms with Gasteiger partial charge in [-0.05, 0) is 30.2 Å². The molecule has 25 heavy (non-hydrogen) atoms. The molecule has 0 saturated heterocycles. The fourth-order valence-corrected chi connectivity index (χ4v) is 2.91. The van der Waals surface area contributed by atoms with Gasteiger partial charge in [0.25, 0.3) is 0 Å². The Labute approximate surface area is 144 Å². The maximum atomic E-state index is 11.3. The summed E-state index contributed by atoms with van der Waals surface area (Å²) in [6, 6.07) is 21.6. The van der Waals surface area contributed by atoms with E-state index in [-0.39, 0.29) is 5.56 Å². The van der Waals surface area contributed by atoms with E-state index in [1.54, 1.807) is 12.1 Å². The largest absolute Gasteiger partial charge is 0.478 e. The molecule has 0 fully saturated rings. The zero-order valence-corrected chi connectivity index (χ0v) is 13.7. The number of benzene rings is 3. The highest BCUT2D eigenvalue weighted by molar-refractivity contribution is 6.01. The summed E-state index contributed by atoms with van der Waals surface area (Å²) in [5.41, 5.74) is 5.87. The van der Waals surface area contributed by atoms with E-state index in [1.165, 1.54) is 5.56 Å². The van der Waals surface area contributed by atoms with Crippen molar-refractivity contribution < 1.29 is 9.90 Å². The number of imidazole rings is 1. The summed E-state index contributed by atoms with van der Waals surface area (Å²) < 4.78 is 0. The summed E-state index contributed by atoms with van der Waals surface area (Å²) in [6.07, 6.45) is 0. The van der Waals surface area contributed by atoms with Crippen LogP contribution in [0, 0.1) is 6.92 Å². The SMILES string of the molecule is Cc1ccc(-c2ccc(-c3nc4cccc(C(=O)O)c4[nH]3)cc2)cc1. The van der Waals surface area contributed by atoms with Gasteiger partial charge in [0.05, 0.1) is 16.6 Å². The lowest BCUT2D eigenvalue weighted by atomic mass is 10.0. The number of hydrogen-bond donors (Lipinski definition) is 2. The Balaban J connectivity index is 1.73. The van der Waals surface area contributed by atoms with Crippen LogP contribution in [0.2, 0.25) is 0 Å². The quantitative estimate of drug-likeness (QED) is 0.562. The highest BCUT2D eigenvalue weighted by atomic mass is 16.4. The van der Waals surface area contributed by atoms with Crippen LogP contribution in [0.5, 0.6) is 0 Å². The molecule has 0 aliphatic heterocycles. The monoisotopic (exact) mass is 328 g/mol. The molecule has 0 unspecified atom stereocenters. The molecular formula is C21H16N2O2. The van der Waals surface area contributed by atoms with Crippen molar-refractivity contribution in [1.29, 1.82) is 0 Å². The normalized spacial score (nSPS) is 10.9. The van der Waals surface area contributed by atoms with Crippen LogP contribution in [0.3, 0.4) is 0 Å². The second-order valence-electron chi connectivity index (χ2n) is 6.03. The molecule has 0 aliphatic rings. The van der Waals surface area contributed by atoms with Crippen LogP contribution in [0.1, 0.15) is 15.9 Å². The Kier molecular flexibility index (Phi) is 3.58. The number of aryl methyl sites for hydroxylation is 1. The molecule has 1 heterocycles. The summed E-state index contributed by atoms with van der Waals surface area (Å²) >= 11 is 0. The minimum Gasteiger partial charge on any atom is -0.478 e. The fourth-order valence-electron chi connectivity index (χ4n) is 2.91. The van der Waals surface area contributed by atoms with Crippen LogP contribution in [-0.4, -0.2) is 21.0 Å². The summed E-state index contributed by atoms with van der Waals surface area (Å²) in [4.78, 5) is 19.0. The van der Waals surface area contributed by atoms with E-state index in [0.717, 1.165) is 16.7 Å². The third-order valence-electron chi connectivity index (χ3n) is 4.29. The first-order valence-electron chi connectivity index (χ1n) is 8.01. The summed E-state index contributed by atoms with van der Waals surface area (Å²) in [5.74, 6) is -0.297. The predicted octanol–water partition coefficient (Wildman–Crippen LogP) is 4.90. The molecular weight excluding hydrogens is 312 g/mol. The Morgan fingerprint density at radius 1 is 0.880 bits per heavy atom. The van der Waals surface area contributed by atoms with E-state index >= 15 is 0 Å². The van der Waals surface area contributed by atoms with Crippen molar-refractivity contribution in [2.45, 2.75) is 6.92 Å². The number of aromatic amines is 1. The second kappa shape index (κ2) is 5.91. The van der Waals surface area contributed by atoms with Crippen molar-refractivity contribution in [3.8, 4) is 22.5 Å². The van der Waals surface area contributed by atoms with Crippen molar-refractivity contribution in [3.63, 3.8) is 0 Å². The van der Waals surface area contributed by atoms with Crippen molar-refractivity contribution in [2.75, 3.05) is 0 Å². The molecule has 2 N–H and O–H groups in total. The number of aromatic carboxylic acids is 1. The highest BCUT2D eigenvalue weighted by Gasteiger charge is 2.13. The van der Waals surface area contributed by atoms with Crippen LogP contribution < -0.4 is 0 Å². The number of aromatic nitrogens is 2. The molecule has 0 amide bonds. The third kappa shape index (κ3) is 2.78. The van der Waals surface area contributed by atoms with Gasteiger partial charge in [-0.1, -0.05) is 60.2 Å². The summed E-state index contributed by atoms with van der Waals surface area (Å²) in [6.45, 7) is 2.07. The fraction of sp³-hybridized carbons (Fsp3) is 0.0476. The van der Waals surface area contributed by atoms with Gasteiger partial charge in [0.15, 0.2) is 0 Å². The van der Waals surface area contributed by atoms with Gasteiger partial charge in [-0.25, -0.2) is 9.78 Å². The molecule has 0 atom stereocenters. The number of H-pyrrole nitrogens is 1. The first-order chi connectivity index (χ1) is 12.1. The topological polar surface area (TPSA) is 66.0 Å². The predicted molar refractivity (Wildman–Crippen MR) is 98.7 cm³/mol. The third-order valence-corrected chi connectivity index (χ3v) is 4.29. The Bertz CT molecular complexity index is 1060. The molecule has 0 radical (unpaired) electrons. The zero-order valence-electron chi connectivity index (χ0n) is 13.7. The van der Waals surface area contributed by atoms with Crippen molar-refractivity contribution in [2.24, 2.45) is 0 Å². The number of rotatable bonds is 3. The van der Waals surface area contributed by atoms with Gasteiger partial charge in [0, 0.05) is 5.56 Å². The molecule has 4 nitrogen and oxygen atoms in total. The van der Waals surface area contributed by atoms with E-state index in [1.807, 2.05) is 30.3 Å². The number of carboxylic acids is 1. The maximum Gasteiger partial charge on any atom is 0.337 e. The van der Waals surface area contributed by atoms with E-state index in [2.05, 4.69) is 41.2 Å². The van der Waals surface area contributed by atoms with Crippen molar-refractivity contribution in [3.05, 3.63) is 77.9 Å². The zero-order chi connectivity index (χ0) is 17.4. The standard InChI is InChI=1S/C21H16N2O2/c1-13-5-7-14(8-6-13)15-9-11-16(12-10-15)20-22-18-4-2-3-17(21(24)25)19(18)23-20/h2-12H,1H3,(H,22,23)(H,24,25). The van der Waals surface area contributed by atoms with E-state index in [9.17, 15) is 9.90 Å². The molecule has 0 aliphatic carbocycles. The minimum absolute atomic E-state index is 0.229. The molecule has 1 aromatic heterocycles. The van der Waals surface area contributed by atoms with Gasteiger partial charge in [-0.15, -0.1) is 0 Å². The molecule has 0 spiro atoms. The van der Waals surface area contributed by atoms with Crippen LogP contribution >= 0.6 is 0 Å². The van der Waals surface area contributed by atoms with E-state index in [0.29, 0.717) is 16.9 Å². The number of hydrogen-bond acceptors (Lipinski definition) is 2. The summed E-state index contributed by atoms with van der Waals surface area (Å²) in [5, 5.41) is 9.30. The number of carboxylic acid groups (broad SMARTS) is 1. The summed E-state index contributed by atoms with van der Waals surface area (Å²) in [7, 11) is 0. The lowest BCUT2D eigenvalue weighted by Gasteiger charge is -2.03. The molecule has 122 valence electrons. The van der Waals surface area contributed by atoms with Crippen LogP contribution in [0.4, 0.5) is 0 Å². The molecule has 4 aromatic rings. The lowest BCUT2D eigenvalue weighted by Crippen LogP contribution is -1.96. The molecule has 0 bridgehead atoms.